The summed E-state index contributed by atoms with van der Waals surface area (Å²) in [6.07, 6.45) is 6.38. The van der Waals surface area contributed by atoms with E-state index in [1.165, 1.54) is 49.9 Å². The van der Waals surface area contributed by atoms with Crippen LogP contribution in [-0.2, 0) is 17.0 Å². The molecule has 0 atom stereocenters. The van der Waals surface area contributed by atoms with E-state index in [9.17, 15) is 9.59 Å². The molecule has 0 radical (unpaired) electrons. The summed E-state index contributed by atoms with van der Waals surface area (Å²) in [5.41, 5.74) is 1.46. The van der Waals surface area contributed by atoms with Gasteiger partial charge in [-0.05, 0) is 24.3 Å². The lowest BCUT2D eigenvalue weighted by Crippen LogP contribution is -2.31. The molecule has 6 heteroatoms. The first-order valence-corrected chi connectivity index (χ1v) is 10.2. The van der Waals surface area contributed by atoms with Crippen LogP contribution in [0.15, 0.2) is 46.3 Å². The zero-order valence-corrected chi connectivity index (χ0v) is 15.7. The van der Waals surface area contributed by atoms with Crippen LogP contribution in [0.4, 0.5) is 0 Å². The molecule has 0 spiro atoms. The minimum absolute atomic E-state index is 0.0623. The Kier molecular flexibility index (Phi) is 6.89. The Balaban J connectivity index is 1.53. The highest BCUT2D eigenvalue weighted by atomic mass is 32.2. The molecule has 1 amide bonds. The second kappa shape index (κ2) is 9.57. The summed E-state index contributed by atoms with van der Waals surface area (Å²) < 4.78 is 0. The number of carbonyl (C=O) groups excluding carboxylic acids is 1. The lowest BCUT2D eigenvalue weighted by Gasteiger charge is -2.21. The predicted molar refractivity (Wildman–Crippen MR) is 104 cm³/mol. The molecule has 0 saturated heterocycles. The number of H-pyrrole nitrogens is 1. The molecule has 1 aromatic carbocycles. The van der Waals surface area contributed by atoms with Crippen molar-refractivity contribution >= 4 is 17.7 Å². The average molecular weight is 372 g/mol. The number of benzene rings is 1. The van der Waals surface area contributed by atoms with Crippen LogP contribution in [0, 0.1) is 5.92 Å². The van der Waals surface area contributed by atoms with E-state index in [-0.39, 0.29) is 17.9 Å². The van der Waals surface area contributed by atoms with E-state index in [1.807, 2.05) is 30.3 Å². The number of nitrogens with zero attached hydrogens (tertiary/aromatic N) is 1. The summed E-state index contributed by atoms with van der Waals surface area (Å²) in [4.78, 5) is 31.2. The minimum Gasteiger partial charge on any atom is -0.355 e. The van der Waals surface area contributed by atoms with Gasteiger partial charge >= 0.3 is 0 Å². The fourth-order valence-electron chi connectivity index (χ4n) is 3.24. The summed E-state index contributed by atoms with van der Waals surface area (Å²) in [6, 6.07) is 11.4. The standard InChI is InChI=1S/C20H25N3O2S/c24-18(21-13-15-7-3-1-4-8-15)11-17-12-19(25)23-20(22-17)26-14-16-9-5-2-6-10-16/h2,5-6,9-10,12,15H,1,3-4,7-8,11,13-14H2,(H,21,24)(H,22,23,25). The van der Waals surface area contributed by atoms with Crippen molar-refractivity contribution in [3.8, 4) is 0 Å². The maximum atomic E-state index is 12.2. The molecule has 3 rings (SSSR count). The van der Waals surface area contributed by atoms with E-state index in [1.54, 1.807) is 0 Å². The molecular formula is C20H25N3O2S. The van der Waals surface area contributed by atoms with Crippen LogP contribution in [0.2, 0.25) is 0 Å². The van der Waals surface area contributed by atoms with Gasteiger partial charge in [-0.25, -0.2) is 4.98 Å². The zero-order valence-electron chi connectivity index (χ0n) is 14.9. The molecule has 26 heavy (non-hydrogen) atoms. The van der Waals surface area contributed by atoms with Gasteiger partial charge in [-0.2, -0.15) is 0 Å². The van der Waals surface area contributed by atoms with Crippen molar-refractivity contribution in [3.05, 3.63) is 58.0 Å². The molecular weight excluding hydrogens is 346 g/mol. The monoisotopic (exact) mass is 371 g/mol. The molecule has 2 N–H and O–H groups in total. The first kappa shape index (κ1) is 18.7. The summed E-state index contributed by atoms with van der Waals surface area (Å²) in [5.74, 6) is 1.26. The molecule has 138 valence electrons. The van der Waals surface area contributed by atoms with Crippen molar-refractivity contribution in [2.45, 2.75) is 49.4 Å². The van der Waals surface area contributed by atoms with Crippen molar-refractivity contribution in [1.29, 1.82) is 0 Å². The summed E-state index contributed by atoms with van der Waals surface area (Å²) in [7, 11) is 0. The second-order valence-corrected chi connectivity index (χ2v) is 7.77. The predicted octanol–water partition coefficient (Wildman–Crippen LogP) is 3.30. The number of aromatic nitrogens is 2. The minimum atomic E-state index is -0.217. The van der Waals surface area contributed by atoms with Gasteiger partial charge in [-0.3, -0.25) is 9.59 Å². The van der Waals surface area contributed by atoms with E-state index in [0.717, 1.165) is 17.9 Å². The van der Waals surface area contributed by atoms with Crippen molar-refractivity contribution in [2.24, 2.45) is 5.92 Å². The summed E-state index contributed by atoms with van der Waals surface area (Å²) in [6.45, 7) is 0.734. The molecule has 5 nitrogen and oxygen atoms in total. The van der Waals surface area contributed by atoms with Gasteiger partial charge in [0, 0.05) is 18.4 Å². The molecule has 2 aromatic rings. The molecule has 0 bridgehead atoms. The smallest absolute Gasteiger partial charge is 0.251 e. The molecule has 1 saturated carbocycles. The largest absolute Gasteiger partial charge is 0.355 e. The number of hydrogen-bond donors (Lipinski definition) is 2. The van der Waals surface area contributed by atoms with Crippen molar-refractivity contribution < 1.29 is 4.79 Å². The number of rotatable bonds is 7. The van der Waals surface area contributed by atoms with Gasteiger partial charge in [0.05, 0.1) is 12.1 Å². The van der Waals surface area contributed by atoms with Gasteiger partial charge in [0.2, 0.25) is 5.91 Å². The maximum absolute atomic E-state index is 12.2. The number of aromatic amines is 1. The quantitative estimate of drug-likeness (QED) is 0.578. The second-order valence-electron chi connectivity index (χ2n) is 6.80. The van der Waals surface area contributed by atoms with Gasteiger partial charge in [0.1, 0.15) is 0 Å². The van der Waals surface area contributed by atoms with E-state index in [4.69, 9.17) is 0 Å². The summed E-state index contributed by atoms with van der Waals surface area (Å²) >= 11 is 1.47. The molecule has 1 aliphatic rings. The fourth-order valence-corrected chi connectivity index (χ4v) is 4.10. The number of amides is 1. The zero-order chi connectivity index (χ0) is 18.2. The molecule has 1 aliphatic carbocycles. The van der Waals surface area contributed by atoms with Gasteiger partial charge in [0.15, 0.2) is 5.16 Å². The molecule has 1 fully saturated rings. The molecule has 0 aliphatic heterocycles. The van der Waals surface area contributed by atoms with Crippen LogP contribution < -0.4 is 10.9 Å². The Labute approximate surface area is 158 Å². The number of hydrogen-bond acceptors (Lipinski definition) is 4. The highest BCUT2D eigenvalue weighted by Gasteiger charge is 2.15. The van der Waals surface area contributed by atoms with Crippen LogP contribution in [-0.4, -0.2) is 22.4 Å². The average Bonchev–Trinajstić information content (AvgIpc) is 2.66. The lowest BCUT2D eigenvalue weighted by molar-refractivity contribution is -0.120. The third-order valence-electron chi connectivity index (χ3n) is 4.65. The Morgan fingerprint density at radius 1 is 1.19 bits per heavy atom. The topological polar surface area (TPSA) is 74.8 Å². The van der Waals surface area contributed by atoms with Crippen LogP contribution in [0.25, 0.3) is 0 Å². The Morgan fingerprint density at radius 3 is 2.73 bits per heavy atom. The summed E-state index contributed by atoms with van der Waals surface area (Å²) in [5, 5.41) is 3.55. The Morgan fingerprint density at radius 2 is 1.96 bits per heavy atom. The SMILES string of the molecule is O=C(Cc1cc(=O)[nH]c(SCc2ccccc2)n1)NCC1CCCCC1. The number of carbonyl (C=O) groups is 1. The molecule has 1 aromatic heterocycles. The van der Waals surface area contributed by atoms with E-state index < -0.39 is 0 Å². The van der Waals surface area contributed by atoms with Crippen LogP contribution in [0.5, 0.6) is 0 Å². The van der Waals surface area contributed by atoms with E-state index >= 15 is 0 Å². The molecule has 1 heterocycles. The third-order valence-corrected chi connectivity index (χ3v) is 5.59. The first-order chi connectivity index (χ1) is 12.7. The highest BCUT2D eigenvalue weighted by molar-refractivity contribution is 7.98. The van der Waals surface area contributed by atoms with Gasteiger partial charge in [0.25, 0.3) is 5.56 Å². The van der Waals surface area contributed by atoms with Crippen molar-refractivity contribution in [1.82, 2.24) is 15.3 Å². The maximum Gasteiger partial charge on any atom is 0.251 e. The number of nitrogens with one attached hydrogen (secondary N) is 2. The Bertz CT molecular complexity index is 770. The van der Waals surface area contributed by atoms with Crippen LogP contribution in [0.3, 0.4) is 0 Å². The van der Waals surface area contributed by atoms with Crippen LogP contribution in [0.1, 0.15) is 43.4 Å². The van der Waals surface area contributed by atoms with Gasteiger partial charge in [-0.1, -0.05) is 61.4 Å². The first-order valence-electron chi connectivity index (χ1n) is 9.23. The van der Waals surface area contributed by atoms with Crippen LogP contribution >= 0.6 is 11.8 Å². The Hall–Kier alpha value is -2.08. The number of thioether (sulfide) groups is 1. The molecule has 0 unspecified atom stereocenters. The van der Waals surface area contributed by atoms with E-state index in [2.05, 4.69) is 15.3 Å². The van der Waals surface area contributed by atoms with Gasteiger partial charge in [-0.15, -0.1) is 0 Å². The lowest BCUT2D eigenvalue weighted by atomic mass is 9.89. The van der Waals surface area contributed by atoms with Crippen molar-refractivity contribution in [3.63, 3.8) is 0 Å². The van der Waals surface area contributed by atoms with Gasteiger partial charge < -0.3 is 10.3 Å². The van der Waals surface area contributed by atoms with Crippen molar-refractivity contribution in [2.75, 3.05) is 6.54 Å². The fraction of sp³-hybridized carbons (Fsp3) is 0.450. The highest BCUT2D eigenvalue weighted by Crippen LogP contribution is 2.22. The normalized spacial score (nSPS) is 14.9. The van der Waals surface area contributed by atoms with E-state index in [0.29, 0.717) is 16.8 Å². The third kappa shape index (κ3) is 6.02.